The third-order valence-electron chi connectivity index (χ3n) is 4.84. The fourth-order valence-electron chi connectivity index (χ4n) is 3.21. The van der Waals surface area contributed by atoms with E-state index >= 15 is 0 Å². The van der Waals surface area contributed by atoms with Crippen LogP contribution in [-0.2, 0) is 6.61 Å². The topological polar surface area (TPSA) is 21.7 Å². The van der Waals surface area contributed by atoms with Crippen LogP contribution in [0, 0.1) is 5.92 Å². The number of nitrogens with zero attached hydrogens (tertiary/aromatic N) is 1. The second kappa shape index (κ2) is 9.43. The fourth-order valence-corrected chi connectivity index (χ4v) is 3.73. The smallest absolute Gasteiger partial charge is 0.161 e. The Labute approximate surface area is 172 Å². The summed E-state index contributed by atoms with van der Waals surface area (Å²) in [6.07, 6.45) is 2.39. The molecule has 3 nitrogen and oxygen atoms in total. The van der Waals surface area contributed by atoms with Gasteiger partial charge in [-0.15, -0.1) is 0 Å². The first kappa shape index (κ1) is 20.0. The van der Waals surface area contributed by atoms with Gasteiger partial charge >= 0.3 is 0 Å². The first-order chi connectivity index (χ1) is 13.1. The maximum absolute atomic E-state index is 6.05. The van der Waals surface area contributed by atoms with Crippen molar-refractivity contribution in [3.63, 3.8) is 0 Å². The number of rotatable bonds is 6. The number of likely N-dealkylation sites (tertiary alicyclic amines) is 1. The Morgan fingerprint density at radius 2 is 1.89 bits per heavy atom. The molecule has 2 aromatic rings. The third-order valence-corrected chi connectivity index (χ3v) is 5.57. The van der Waals surface area contributed by atoms with Crippen LogP contribution < -0.4 is 9.47 Å². The Kier molecular flexibility index (Phi) is 6.97. The summed E-state index contributed by atoms with van der Waals surface area (Å²) in [5.74, 6) is 2.23. The van der Waals surface area contributed by atoms with Gasteiger partial charge in [-0.25, -0.2) is 0 Å². The standard InChI is InChI=1S/C22H26ClNO2S/c1-3-25-21-14-18(22(27)24-11-9-16(2)10-12-24)7-8-20(21)26-15-17-5-4-6-19(23)13-17/h4-8,13-14,16H,3,9-12,15H2,1-2H3. The van der Waals surface area contributed by atoms with E-state index in [2.05, 4.69) is 11.8 Å². The predicted octanol–water partition coefficient (Wildman–Crippen LogP) is 5.73. The molecule has 144 valence electrons. The van der Waals surface area contributed by atoms with Crippen molar-refractivity contribution in [1.82, 2.24) is 4.90 Å². The second-order valence-corrected chi connectivity index (χ2v) is 7.81. The van der Waals surface area contributed by atoms with Crippen LogP contribution in [0.4, 0.5) is 0 Å². The van der Waals surface area contributed by atoms with E-state index in [1.165, 1.54) is 12.8 Å². The number of piperidine rings is 1. The minimum atomic E-state index is 0.439. The van der Waals surface area contributed by atoms with Crippen LogP contribution in [0.15, 0.2) is 42.5 Å². The van der Waals surface area contributed by atoms with Gasteiger partial charge in [-0.1, -0.05) is 42.9 Å². The molecule has 0 N–H and O–H groups in total. The largest absolute Gasteiger partial charge is 0.490 e. The van der Waals surface area contributed by atoms with Crippen LogP contribution in [0.5, 0.6) is 11.5 Å². The van der Waals surface area contributed by atoms with E-state index in [-0.39, 0.29) is 0 Å². The van der Waals surface area contributed by atoms with Crippen LogP contribution in [0.1, 0.15) is 37.8 Å². The highest BCUT2D eigenvalue weighted by atomic mass is 35.5. The van der Waals surface area contributed by atoms with Gasteiger partial charge in [-0.3, -0.25) is 0 Å². The highest BCUT2D eigenvalue weighted by Gasteiger charge is 2.20. The van der Waals surface area contributed by atoms with Gasteiger partial charge in [-0.05, 0) is 61.6 Å². The number of hydrogen-bond donors (Lipinski definition) is 0. The quantitative estimate of drug-likeness (QED) is 0.574. The lowest BCUT2D eigenvalue weighted by Crippen LogP contribution is -2.37. The average Bonchev–Trinajstić information content (AvgIpc) is 2.67. The highest BCUT2D eigenvalue weighted by molar-refractivity contribution is 7.80. The summed E-state index contributed by atoms with van der Waals surface area (Å²) in [6, 6.07) is 13.6. The van der Waals surface area contributed by atoms with Crippen molar-refractivity contribution in [3.8, 4) is 11.5 Å². The van der Waals surface area contributed by atoms with E-state index in [1.807, 2.05) is 49.4 Å². The molecule has 0 aromatic heterocycles. The molecular weight excluding hydrogens is 378 g/mol. The van der Waals surface area contributed by atoms with Crippen LogP contribution in [0.25, 0.3) is 0 Å². The molecule has 1 aliphatic rings. The highest BCUT2D eigenvalue weighted by Crippen LogP contribution is 2.31. The van der Waals surface area contributed by atoms with Crippen molar-refractivity contribution >= 4 is 28.8 Å². The zero-order valence-corrected chi connectivity index (χ0v) is 17.5. The van der Waals surface area contributed by atoms with E-state index < -0.39 is 0 Å². The number of hydrogen-bond acceptors (Lipinski definition) is 3. The van der Waals surface area contributed by atoms with Crippen molar-refractivity contribution in [2.45, 2.75) is 33.3 Å². The van der Waals surface area contributed by atoms with Gasteiger partial charge < -0.3 is 14.4 Å². The molecule has 0 bridgehead atoms. The molecule has 1 aliphatic heterocycles. The average molecular weight is 404 g/mol. The van der Waals surface area contributed by atoms with Gasteiger partial charge in [0.1, 0.15) is 11.6 Å². The maximum Gasteiger partial charge on any atom is 0.161 e. The van der Waals surface area contributed by atoms with Gasteiger partial charge in [-0.2, -0.15) is 0 Å². The van der Waals surface area contributed by atoms with Gasteiger partial charge in [0.15, 0.2) is 11.5 Å². The molecular formula is C22H26ClNO2S. The van der Waals surface area contributed by atoms with Crippen molar-refractivity contribution in [3.05, 3.63) is 58.6 Å². The summed E-state index contributed by atoms with van der Waals surface area (Å²) < 4.78 is 11.8. The lowest BCUT2D eigenvalue weighted by molar-refractivity contribution is 0.269. The fraction of sp³-hybridized carbons (Fsp3) is 0.409. The lowest BCUT2D eigenvalue weighted by atomic mass is 9.99. The van der Waals surface area contributed by atoms with Crippen LogP contribution in [0.2, 0.25) is 5.02 Å². The van der Waals surface area contributed by atoms with Crippen LogP contribution >= 0.6 is 23.8 Å². The maximum atomic E-state index is 6.05. The molecule has 0 amide bonds. The summed E-state index contributed by atoms with van der Waals surface area (Å²) in [6.45, 7) is 7.34. The Hall–Kier alpha value is -1.78. The van der Waals surface area contributed by atoms with Gasteiger partial charge in [0.05, 0.1) is 6.61 Å². The van der Waals surface area contributed by atoms with E-state index in [0.717, 1.165) is 46.6 Å². The molecule has 3 rings (SSSR count). The first-order valence-corrected chi connectivity index (χ1v) is 10.3. The summed E-state index contributed by atoms with van der Waals surface area (Å²) in [7, 11) is 0. The Morgan fingerprint density at radius 1 is 1.11 bits per heavy atom. The zero-order valence-electron chi connectivity index (χ0n) is 15.9. The van der Waals surface area contributed by atoms with Crippen molar-refractivity contribution in [1.29, 1.82) is 0 Å². The summed E-state index contributed by atoms with van der Waals surface area (Å²) >= 11 is 11.8. The minimum absolute atomic E-state index is 0.439. The Morgan fingerprint density at radius 3 is 2.59 bits per heavy atom. The number of ether oxygens (including phenoxy) is 2. The third kappa shape index (κ3) is 5.36. The molecule has 1 heterocycles. The Bertz CT molecular complexity index is 788. The SMILES string of the molecule is CCOc1cc(C(=S)N2CCC(C)CC2)ccc1OCc1cccc(Cl)c1. The van der Waals surface area contributed by atoms with Gasteiger partial charge in [0.2, 0.25) is 0 Å². The van der Waals surface area contributed by atoms with E-state index in [0.29, 0.717) is 18.2 Å². The lowest BCUT2D eigenvalue weighted by Gasteiger charge is -2.32. The van der Waals surface area contributed by atoms with Crippen LogP contribution in [-0.4, -0.2) is 29.6 Å². The van der Waals surface area contributed by atoms with E-state index in [4.69, 9.17) is 33.3 Å². The monoisotopic (exact) mass is 403 g/mol. The van der Waals surface area contributed by atoms with Crippen molar-refractivity contribution < 1.29 is 9.47 Å². The molecule has 5 heteroatoms. The number of thiocarbonyl (C=S) groups is 1. The van der Waals surface area contributed by atoms with Crippen molar-refractivity contribution in [2.75, 3.05) is 19.7 Å². The van der Waals surface area contributed by atoms with Gasteiger partial charge in [0, 0.05) is 23.7 Å². The van der Waals surface area contributed by atoms with E-state index in [9.17, 15) is 0 Å². The van der Waals surface area contributed by atoms with Gasteiger partial charge in [0.25, 0.3) is 0 Å². The zero-order chi connectivity index (χ0) is 19.2. The van der Waals surface area contributed by atoms with E-state index in [1.54, 1.807) is 0 Å². The molecule has 0 atom stereocenters. The number of benzene rings is 2. The first-order valence-electron chi connectivity index (χ1n) is 9.50. The molecule has 27 heavy (non-hydrogen) atoms. The summed E-state index contributed by atoms with van der Waals surface area (Å²) in [4.78, 5) is 3.19. The molecule has 2 aromatic carbocycles. The molecule has 0 unspecified atom stereocenters. The molecule has 1 saturated heterocycles. The van der Waals surface area contributed by atoms with Crippen LogP contribution in [0.3, 0.4) is 0 Å². The molecule has 0 spiro atoms. The normalized spacial score (nSPS) is 14.9. The summed E-state index contributed by atoms with van der Waals surface area (Å²) in [5, 5.41) is 0.706. The Balaban J connectivity index is 1.72. The molecule has 0 radical (unpaired) electrons. The molecule has 0 saturated carbocycles. The molecule has 0 aliphatic carbocycles. The number of halogens is 1. The summed E-state index contributed by atoms with van der Waals surface area (Å²) in [5.41, 5.74) is 2.03. The minimum Gasteiger partial charge on any atom is -0.490 e. The molecule has 1 fully saturated rings. The second-order valence-electron chi connectivity index (χ2n) is 6.99. The van der Waals surface area contributed by atoms with Crippen molar-refractivity contribution in [2.24, 2.45) is 5.92 Å². The predicted molar refractivity (Wildman–Crippen MR) is 115 cm³/mol.